The second-order valence-corrected chi connectivity index (χ2v) is 8.90. The number of carbonyl (C=O) groups excluding carboxylic acids is 2. The molecule has 1 aromatic rings. The third-order valence-corrected chi connectivity index (χ3v) is 4.31. The summed E-state index contributed by atoms with van der Waals surface area (Å²) in [5.74, 6) is 0.580. The van der Waals surface area contributed by atoms with Crippen LogP contribution in [-0.2, 0) is 4.74 Å². The molecule has 0 aromatic carbocycles. The highest BCUT2D eigenvalue weighted by Gasteiger charge is 2.24. The molecular weight excluding hydrogens is 378 g/mol. The molecule has 0 atom stereocenters. The molecule has 0 spiro atoms. The number of nitrogens with zero attached hydrogens (tertiary/aromatic N) is 1. The van der Waals surface area contributed by atoms with Gasteiger partial charge < -0.3 is 26.0 Å². The first-order valence-electron chi connectivity index (χ1n) is 9.30. The molecule has 1 aromatic heterocycles. The fourth-order valence-electron chi connectivity index (χ4n) is 2.14. The van der Waals surface area contributed by atoms with E-state index in [2.05, 4.69) is 26.3 Å². The van der Waals surface area contributed by atoms with Crippen molar-refractivity contribution < 1.29 is 14.3 Å². The molecule has 0 aliphatic rings. The third-order valence-electron chi connectivity index (χ3n) is 3.44. The fraction of sp³-hybridized carbons (Fsp3) is 0.632. The van der Waals surface area contributed by atoms with E-state index in [9.17, 15) is 9.59 Å². The Balaban J connectivity index is 2.26. The van der Waals surface area contributed by atoms with E-state index in [-0.39, 0.29) is 5.91 Å². The summed E-state index contributed by atoms with van der Waals surface area (Å²) in [5.41, 5.74) is -1.06. The Morgan fingerprint density at radius 1 is 1.11 bits per heavy atom. The van der Waals surface area contributed by atoms with Crippen LogP contribution in [-0.4, -0.2) is 55.8 Å². The lowest BCUT2D eigenvalue weighted by atomic mass is 10.1. The van der Waals surface area contributed by atoms with Crippen LogP contribution in [0.4, 0.5) is 4.79 Å². The largest absolute Gasteiger partial charge is 0.444 e. The van der Waals surface area contributed by atoms with Gasteiger partial charge in [0.15, 0.2) is 5.96 Å². The van der Waals surface area contributed by atoms with Gasteiger partial charge in [-0.05, 0) is 52.5 Å². The number of hydrogen-bond acceptors (Lipinski definition) is 5. The van der Waals surface area contributed by atoms with Crippen LogP contribution < -0.4 is 21.3 Å². The van der Waals surface area contributed by atoms with Crippen LogP contribution in [0.15, 0.2) is 22.5 Å². The predicted octanol–water partition coefficient (Wildman–Crippen LogP) is 2.34. The van der Waals surface area contributed by atoms with Crippen LogP contribution >= 0.6 is 11.3 Å². The zero-order valence-electron chi connectivity index (χ0n) is 17.6. The Morgan fingerprint density at radius 2 is 1.79 bits per heavy atom. The zero-order chi connectivity index (χ0) is 21.2. The molecule has 0 bridgehead atoms. The smallest absolute Gasteiger partial charge is 0.408 e. The molecule has 1 rings (SSSR count). The Kier molecular flexibility index (Phi) is 9.24. The van der Waals surface area contributed by atoms with E-state index in [0.717, 1.165) is 6.42 Å². The number of hydrogen-bond donors (Lipinski definition) is 4. The van der Waals surface area contributed by atoms with Crippen LogP contribution in [0.2, 0.25) is 0 Å². The monoisotopic (exact) mass is 411 g/mol. The average Bonchev–Trinajstić information content (AvgIpc) is 3.09. The van der Waals surface area contributed by atoms with Crippen molar-refractivity contribution in [2.24, 2.45) is 4.99 Å². The van der Waals surface area contributed by atoms with Crippen LogP contribution in [0.3, 0.4) is 0 Å². The average molecular weight is 412 g/mol. The van der Waals surface area contributed by atoms with E-state index >= 15 is 0 Å². The van der Waals surface area contributed by atoms with E-state index in [1.807, 2.05) is 46.1 Å². The number of rotatable bonds is 8. The van der Waals surface area contributed by atoms with Gasteiger partial charge in [-0.15, -0.1) is 11.3 Å². The lowest BCUT2D eigenvalue weighted by molar-refractivity contribution is 0.0473. The third kappa shape index (κ3) is 10.1. The summed E-state index contributed by atoms with van der Waals surface area (Å²) in [5, 5.41) is 14.0. The van der Waals surface area contributed by atoms with Crippen LogP contribution in [0.5, 0.6) is 0 Å². The number of carbonyl (C=O) groups is 2. The molecule has 1 heterocycles. The molecule has 158 valence electrons. The number of ether oxygens (including phenoxy) is 1. The highest BCUT2D eigenvalue weighted by molar-refractivity contribution is 7.12. The van der Waals surface area contributed by atoms with Crippen molar-refractivity contribution in [1.29, 1.82) is 0 Å². The van der Waals surface area contributed by atoms with E-state index in [1.54, 1.807) is 13.1 Å². The lowest BCUT2D eigenvalue weighted by Gasteiger charge is -2.29. The summed E-state index contributed by atoms with van der Waals surface area (Å²) >= 11 is 1.42. The molecule has 0 aliphatic carbocycles. The first-order chi connectivity index (χ1) is 13.0. The first-order valence-corrected chi connectivity index (χ1v) is 10.2. The molecule has 2 amide bonds. The van der Waals surface area contributed by atoms with Gasteiger partial charge in [0.2, 0.25) is 0 Å². The molecule has 8 nitrogen and oxygen atoms in total. The number of nitrogens with one attached hydrogen (secondary N) is 4. The van der Waals surface area contributed by atoms with Crippen molar-refractivity contribution in [3.63, 3.8) is 0 Å². The summed E-state index contributed by atoms with van der Waals surface area (Å²) in [7, 11) is 1.68. The maximum atomic E-state index is 11.9. The van der Waals surface area contributed by atoms with Gasteiger partial charge in [0.05, 0.1) is 10.4 Å². The fourth-order valence-corrected chi connectivity index (χ4v) is 2.78. The minimum absolute atomic E-state index is 0.0486. The summed E-state index contributed by atoms with van der Waals surface area (Å²) in [4.78, 5) is 28.7. The minimum Gasteiger partial charge on any atom is -0.444 e. The maximum Gasteiger partial charge on any atom is 0.408 e. The van der Waals surface area contributed by atoms with Gasteiger partial charge in [0, 0.05) is 26.7 Å². The van der Waals surface area contributed by atoms with Gasteiger partial charge in [-0.25, -0.2) is 4.79 Å². The highest BCUT2D eigenvalue weighted by atomic mass is 32.1. The lowest BCUT2D eigenvalue weighted by Crippen LogP contribution is -2.54. The summed E-state index contributed by atoms with van der Waals surface area (Å²) in [6.07, 6.45) is 0.306. The van der Waals surface area contributed by atoms with Crippen molar-refractivity contribution in [1.82, 2.24) is 21.3 Å². The quantitative estimate of drug-likeness (QED) is 0.299. The van der Waals surface area contributed by atoms with Crippen molar-refractivity contribution >= 4 is 29.3 Å². The minimum atomic E-state index is -0.538. The second-order valence-electron chi connectivity index (χ2n) is 7.95. The van der Waals surface area contributed by atoms with Crippen molar-refractivity contribution in [2.75, 3.05) is 26.7 Å². The Bertz CT molecular complexity index is 651. The normalized spacial score (nSPS) is 12.3. The number of alkyl carbamates (subject to hydrolysis) is 1. The molecule has 0 fully saturated rings. The standard InChI is InChI=1S/C19H33N5O3S/c1-18(2,3)27-17(26)24-19(4,5)13-23-16(20-6)22-11-8-10-21-15(25)14-9-7-12-28-14/h7,9,12H,8,10-11,13H2,1-6H3,(H,21,25)(H,24,26)(H2,20,22,23). The van der Waals surface area contributed by atoms with Crippen molar-refractivity contribution in [3.8, 4) is 0 Å². The van der Waals surface area contributed by atoms with Crippen molar-refractivity contribution in [2.45, 2.75) is 52.2 Å². The van der Waals surface area contributed by atoms with E-state index in [4.69, 9.17) is 4.74 Å². The number of thiophene rings is 1. The topological polar surface area (TPSA) is 104 Å². The zero-order valence-corrected chi connectivity index (χ0v) is 18.5. The number of aliphatic imine (C=N–C) groups is 1. The van der Waals surface area contributed by atoms with Gasteiger partial charge in [-0.3, -0.25) is 9.79 Å². The number of amides is 2. The molecule has 4 N–H and O–H groups in total. The van der Waals surface area contributed by atoms with E-state index in [0.29, 0.717) is 30.5 Å². The number of guanidine groups is 1. The van der Waals surface area contributed by atoms with E-state index < -0.39 is 17.2 Å². The molecule has 0 unspecified atom stereocenters. The molecule has 9 heteroatoms. The Morgan fingerprint density at radius 3 is 2.36 bits per heavy atom. The molecule has 0 saturated carbocycles. The van der Waals surface area contributed by atoms with Crippen LogP contribution in [0.1, 0.15) is 50.7 Å². The maximum absolute atomic E-state index is 11.9. The van der Waals surface area contributed by atoms with Gasteiger partial charge in [0.1, 0.15) is 5.60 Å². The molecule has 0 radical (unpaired) electrons. The van der Waals surface area contributed by atoms with Gasteiger partial charge in [-0.2, -0.15) is 0 Å². The Labute approximate surface area is 171 Å². The summed E-state index contributed by atoms with van der Waals surface area (Å²) in [6.45, 7) is 11.0. The predicted molar refractivity (Wildman–Crippen MR) is 114 cm³/mol. The SMILES string of the molecule is CN=C(NCCCNC(=O)c1cccs1)NCC(C)(C)NC(=O)OC(C)(C)C. The van der Waals surface area contributed by atoms with Crippen LogP contribution in [0.25, 0.3) is 0 Å². The first kappa shape index (κ1) is 23.7. The molecule has 0 saturated heterocycles. The Hall–Kier alpha value is -2.29. The van der Waals surface area contributed by atoms with Crippen LogP contribution in [0, 0.1) is 0 Å². The second kappa shape index (κ2) is 10.9. The summed E-state index contributed by atoms with van der Waals surface area (Å²) < 4.78 is 5.29. The summed E-state index contributed by atoms with van der Waals surface area (Å²) in [6, 6.07) is 3.66. The van der Waals surface area contributed by atoms with Gasteiger partial charge >= 0.3 is 6.09 Å². The van der Waals surface area contributed by atoms with Gasteiger partial charge in [0.25, 0.3) is 5.91 Å². The molecule has 0 aliphatic heterocycles. The molecule has 28 heavy (non-hydrogen) atoms. The highest BCUT2D eigenvalue weighted by Crippen LogP contribution is 2.09. The van der Waals surface area contributed by atoms with Gasteiger partial charge in [-0.1, -0.05) is 6.07 Å². The molecular formula is C19H33N5O3S. The van der Waals surface area contributed by atoms with Crippen molar-refractivity contribution in [3.05, 3.63) is 22.4 Å². The van der Waals surface area contributed by atoms with E-state index in [1.165, 1.54) is 11.3 Å².